The Hall–Kier alpha value is -2.48. The topological polar surface area (TPSA) is 0 Å². The number of halogens is 12. The van der Waals surface area contributed by atoms with Gasteiger partial charge in [0, 0.05) is 30.7 Å². The fraction of sp³-hybridized carbons (Fsp3) is 0.182. The van der Waals surface area contributed by atoms with Crippen LogP contribution in [0.25, 0.3) is 0 Å². The fourth-order valence-electron chi connectivity index (χ4n) is 3.93. The predicted molar refractivity (Wildman–Crippen MR) is 103 cm³/mol. The summed E-state index contributed by atoms with van der Waals surface area (Å²) in [5.74, 6) is -36.8. The molecule has 4 bridgehead atoms. The van der Waals surface area contributed by atoms with Gasteiger partial charge >= 0.3 is 23.7 Å². The summed E-state index contributed by atoms with van der Waals surface area (Å²) < 4.78 is 179. The van der Waals surface area contributed by atoms with Gasteiger partial charge in [-0.3, -0.25) is 0 Å². The Bertz CT molecular complexity index is 1310. The Morgan fingerprint density at radius 1 is 0.444 bits per heavy atom. The molecule has 0 radical (unpaired) electrons. The van der Waals surface area contributed by atoms with E-state index >= 15 is 35.1 Å². The van der Waals surface area contributed by atoms with Crippen molar-refractivity contribution >= 4 is 23.5 Å². The SMILES string of the molecule is Fc1c(F)c2c(F)c(F)c1C(F)(F)C(F)(F)c1ccc(c3c1Sc1ccccc1S3)C(F)(F)C2(F)F. The van der Waals surface area contributed by atoms with Crippen molar-refractivity contribution in [3.63, 3.8) is 0 Å². The molecule has 1 aliphatic heterocycles. The highest BCUT2D eigenvalue weighted by Crippen LogP contribution is 2.63. The van der Waals surface area contributed by atoms with Gasteiger partial charge in [-0.15, -0.1) is 0 Å². The zero-order valence-electron chi connectivity index (χ0n) is 16.8. The highest BCUT2D eigenvalue weighted by molar-refractivity contribution is 8.05. The Kier molecular flexibility index (Phi) is 5.26. The lowest BCUT2D eigenvalue weighted by Gasteiger charge is -2.36. The highest BCUT2D eigenvalue weighted by atomic mass is 32.2. The van der Waals surface area contributed by atoms with Gasteiger partial charge in [-0.25, -0.2) is 17.6 Å². The van der Waals surface area contributed by atoms with Crippen LogP contribution in [0, 0.1) is 23.3 Å². The first kappa shape index (κ1) is 25.2. The van der Waals surface area contributed by atoms with Crippen LogP contribution in [0.15, 0.2) is 56.0 Å². The molecular weight excluding hydrogens is 556 g/mol. The summed E-state index contributed by atoms with van der Waals surface area (Å²) in [6.45, 7) is 0. The first-order valence-corrected chi connectivity index (χ1v) is 11.2. The van der Waals surface area contributed by atoms with E-state index in [9.17, 15) is 17.6 Å². The maximum atomic E-state index is 15.3. The molecule has 0 unspecified atom stereocenters. The van der Waals surface area contributed by atoms with Crippen molar-refractivity contribution in [3.8, 4) is 0 Å². The van der Waals surface area contributed by atoms with Crippen LogP contribution < -0.4 is 0 Å². The van der Waals surface area contributed by atoms with Crippen molar-refractivity contribution < 1.29 is 52.7 Å². The predicted octanol–water partition coefficient (Wildman–Crippen LogP) is 8.94. The molecule has 36 heavy (non-hydrogen) atoms. The monoisotopic (exact) mass is 562 g/mol. The van der Waals surface area contributed by atoms with Gasteiger partial charge in [0.2, 0.25) is 0 Å². The molecule has 0 atom stereocenters. The van der Waals surface area contributed by atoms with E-state index in [1.165, 1.54) is 24.3 Å². The molecule has 14 heteroatoms. The Morgan fingerprint density at radius 2 is 0.750 bits per heavy atom. The third kappa shape index (κ3) is 2.96. The van der Waals surface area contributed by atoms with Gasteiger partial charge in [0.15, 0.2) is 23.3 Å². The average molecular weight is 562 g/mol. The van der Waals surface area contributed by atoms with Gasteiger partial charge in [0.25, 0.3) is 0 Å². The van der Waals surface area contributed by atoms with E-state index in [0.29, 0.717) is 0 Å². The third-order valence-electron chi connectivity index (χ3n) is 5.74. The minimum Gasteiger partial charge on any atom is -0.203 e. The van der Waals surface area contributed by atoms with Crippen molar-refractivity contribution in [2.24, 2.45) is 0 Å². The molecule has 190 valence electrons. The Morgan fingerprint density at radius 3 is 1.06 bits per heavy atom. The van der Waals surface area contributed by atoms with E-state index in [-0.39, 0.29) is 45.4 Å². The van der Waals surface area contributed by atoms with Gasteiger partial charge in [-0.2, -0.15) is 35.1 Å². The lowest BCUT2D eigenvalue weighted by atomic mass is 9.87. The van der Waals surface area contributed by atoms with Crippen LogP contribution in [-0.4, -0.2) is 0 Å². The highest BCUT2D eigenvalue weighted by Gasteiger charge is 2.68. The fourth-order valence-corrected chi connectivity index (χ4v) is 6.52. The summed E-state index contributed by atoms with van der Waals surface area (Å²) >= 11 is 0.527. The molecule has 3 aromatic carbocycles. The summed E-state index contributed by atoms with van der Waals surface area (Å²) in [6.07, 6.45) is 0. The summed E-state index contributed by atoms with van der Waals surface area (Å²) in [7, 11) is 0. The number of hydrogen-bond donors (Lipinski definition) is 0. The van der Waals surface area contributed by atoms with Gasteiger partial charge in [-0.1, -0.05) is 47.8 Å². The quantitative estimate of drug-likeness (QED) is 0.155. The zero-order chi connectivity index (χ0) is 26.6. The molecule has 0 fully saturated rings. The number of benzene rings is 3. The van der Waals surface area contributed by atoms with E-state index in [1.54, 1.807) is 0 Å². The molecule has 0 saturated carbocycles. The largest absolute Gasteiger partial charge is 0.345 e. The molecule has 5 aliphatic rings. The van der Waals surface area contributed by atoms with Crippen LogP contribution in [0.3, 0.4) is 0 Å². The van der Waals surface area contributed by atoms with Gasteiger partial charge in [-0.05, 0) is 12.1 Å². The first-order chi connectivity index (χ1) is 16.6. The van der Waals surface area contributed by atoms with Crippen LogP contribution >= 0.6 is 23.5 Å². The van der Waals surface area contributed by atoms with Crippen molar-refractivity contribution in [1.29, 1.82) is 0 Å². The van der Waals surface area contributed by atoms with Gasteiger partial charge < -0.3 is 0 Å². The molecule has 0 N–H and O–H groups in total. The van der Waals surface area contributed by atoms with E-state index in [2.05, 4.69) is 0 Å². The standard InChI is InChI=1S/C22H6F12S2/c23-13-11-14(24)16(26)12(15(13)25)22(33,34)20(29,30)8-6-5-7(19(27,28)21(11,31)32)17-18(8)36-10-4-2-1-3-9(10)35-17/h1-6H. The van der Waals surface area contributed by atoms with Crippen molar-refractivity contribution in [1.82, 2.24) is 0 Å². The molecule has 1 heterocycles. The lowest BCUT2D eigenvalue weighted by molar-refractivity contribution is -0.234. The smallest absolute Gasteiger partial charge is 0.203 e. The summed E-state index contributed by atoms with van der Waals surface area (Å²) in [4.78, 5) is -1.80. The molecule has 0 spiro atoms. The van der Waals surface area contributed by atoms with Crippen LogP contribution in [0.5, 0.6) is 0 Å². The van der Waals surface area contributed by atoms with Crippen LogP contribution in [0.2, 0.25) is 0 Å². The van der Waals surface area contributed by atoms with Crippen LogP contribution in [-0.2, 0) is 23.7 Å². The van der Waals surface area contributed by atoms with E-state index < -0.39 is 79.0 Å². The maximum absolute atomic E-state index is 15.3. The van der Waals surface area contributed by atoms with Crippen molar-refractivity contribution in [2.45, 2.75) is 43.3 Å². The minimum absolute atomic E-state index is 0.00399. The first-order valence-electron chi connectivity index (χ1n) is 9.57. The summed E-state index contributed by atoms with van der Waals surface area (Å²) in [6, 6.07) is 5.41. The van der Waals surface area contributed by atoms with Gasteiger partial charge in [0.05, 0.1) is 0 Å². The molecule has 4 aliphatic carbocycles. The van der Waals surface area contributed by atoms with Crippen LogP contribution in [0.4, 0.5) is 52.7 Å². The van der Waals surface area contributed by atoms with E-state index in [0.717, 1.165) is 0 Å². The second kappa shape index (κ2) is 7.53. The second-order valence-electron chi connectivity index (χ2n) is 7.77. The maximum Gasteiger partial charge on any atom is 0.345 e. The summed E-state index contributed by atoms with van der Waals surface area (Å²) in [5.41, 5.74) is -9.95. The molecule has 0 aromatic heterocycles. The van der Waals surface area contributed by atoms with E-state index in [4.69, 9.17) is 0 Å². The zero-order valence-corrected chi connectivity index (χ0v) is 18.4. The van der Waals surface area contributed by atoms with Crippen LogP contribution in [0.1, 0.15) is 22.3 Å². The second-order valence-corrected chi connectivity index (χ2v) is 9.88. The number of alkyl halides is 8. The molecule has 0 saturated heterocycles. The van der Waals surface area contributed by atoms with Gasteiger partial charge in [0.1, 0.15) is 11.1 Å². The molecule has 3 aromatic rings. The van der Waals surface area contributed by atoms with Crippen molar-refractivity contribution in [3.05, 3.63) is 81.9 Å². The van der Waals surface area contributed by atoms with E-state index in [1.807, 2.05) is 0 Å². The number of hydrogen-bond acceptors (Lipinski definition) is 2. The Labute approximate surface area is 201 Å². The number of fused-ring (bicyclic) bond motifs is 1. The number of rotatable bonds is 0. The average Bonchev–Trinajstić information content (AvgIpc) is 2.79. The Balaban J connectivity index is 1.97. The molecule has 0 amide bonds. The normalized spacial score (nSPS) is 20.3. The van der Waals surface area contributed by atoms with Crippen molar-refractivity contribution in [2.75, 3.05) is 0 Å². The third-order valence-corrected chi connectivity index (χ3v) is 8.41. The molecular formula is C22H6F12S2. The molecule has 0 nitrogen and oxygen atoms in total. The lowest BCUT2D eigenvalue weighted by Crippen LogP contribution is -2.42. The minimum atomic E-state index is -6.05. The summed E-state index contributed by atoms with van der Waals surface area (Å²) in [5, 5.41) is 0. The molecule has 8 rings (SSSR count).